The van der Waals surface area contributed by atoms with E-state index in [4.69, 9.17) is 4.74 Å². The molecule has 0 aliphatic carbocycles. The molecule has 0 bridgehead atoms. The second-order valence-corrected chi connectivity index (χ2v) is 6.29. The average molecular weight is 371 g/mol. The van der Waals surface area contributed by atoms with E-state index in [0.29, 0.717) is 50.2 Å². The van der Waals surface area contributed by atoms with E-state index >= 15 is 0 Å². The molecule has 27 heavy (non-hydrogen) atoms. The Morgan fingerprint density at radius 3 is 2.89 bits per heavy atom. The number of fused-ring (bicyclic) bond motifs is 1. The molecule has 1 N–H and O–H groups in total. The van der Waals surface area contributed by atoms with E-state index in [2.05, 4.69) is 10.3 Å². The Bertz CT molecular complexity index is 841. The molecule has 0 saturated carbocycles. The number of carbonyl (C=O) groups is 2. The summed E-state index contributed by atoms with van der Waals surface area (Å²) in [6.07, 6.45) is 3.83. The Balaban J connectivity index is 1.64. The second-order valence-electron chi connectivity index (χ2n) is 6.29. The molecule has 2 heterocycles. The quantitative estimate of drug-likeness (QED) is 0.877. The Morgan fingerprint density at radius 1 is 1.30 bits per heavy atom. The molecular weight excluding hydrogens is 349 g/mol. The highest BCUT2D eigenvalue weighted by molar-refractivity contribution is 5.95. The zero-order valence-corrected chi connectivity index (χ0v) is 15.2. The number of halogens is 1. The monoisotopic (exact) mass is 371 g/mol. The number of rotatable bonds is 5. The van der Waals surface area contributed by atoms with Crippen molar-refractivity contribution < 1.29 is 18.7 Å². The van der Waals surface area contributed by atoms with Crippen molar-refractivity contribution in [3.05, 3.63) is 64.7 Å². The molecule has 7 heteroatoms. The van der Waals surface area contributed by atoms with Crippen LogP contribution in [0.2, 0.25) is 0 Å². The minimum Gasteiger partial charge on any atom is -0.450 e. The predicted molar refractivity (Wildman–Crippen MR) is 97.8 cm³/mol. The van der Waals surface area contributed by atoms with Gasteiger partial charge in [-0.05, 0) is 42.5 Å². The lowest BCUT2D eigenvalue weighted by atomic mass is 9.97. The highest BCUT2D eigenvalue weighted by Crippen LogP contribution is 2.22. The van der Waals surface area contributed by atoms with Gasteiger partial charge in [0.1, 0.15) is 5.82 Å². The minimum absolute atomic E-state index is 0.236. The van der Waals surface area contributed by atoms with Gasteiger partial charge in [-0.25, -0.2) is 9.18 Å². The first-order chi connectivity index (χ1) is 13.1. The van der Waals surface area contributed by atoms with E-state index in [1.54, 1.807) is 36.2 Å². The van der Waals surface area contributed by atoms with Gasteiger partial charge in [0.15, 0.2) is 0 Å². The van der Waals surface area contributed by atoms with E-state index in [1.807, 2.05) is 0 Å². The van der Waals surface area contributed by atoms with Gasteiger partial charge in [-0.2, -0.15) is 0 Å². The maximum Gasteiger partial charge on any atom is 0.410 e. The van der Waals surface area contributed by atoms with Crippen molar-refractivity contribution in [2.45, 2.75) is 26.3 Å². The van der Waals surface area contributed by atoms with Gasteiger partial charge >= 0.3 is 6.09 Å². The van der Waals surface area contributed by atoms with Crippen LogP contribution in [0, 0.1) is 5.82 Å². The summed E-state index contributed by atoms with van der Waals surface area (Å²) >= 11 is 0. The number of ether oxygens (including phenoxy) is 1. The van der Waals surface area contributed by atoms with Gasteiger partial charge in [0.05, 0.1) is 18.7 Å². The Hall–Kier alpha value is -2.96. The second kappa shape index (κ2) is 8.62. The van der Waals surface area contributed by atoms with Crippen LogP contribution in [0.5, 0.6) is 0 Å². The summed E-state index contributed by atoms with van der Waals surface area (Å²) < 4.78 is 18.7. The largest absolute Gasteiger partial charge is 0.450 e. The van der Waals surface area contributed by atoms with E-state index < -0.39 is 0 Å². The number of hydrogen-bond acceptors (Lipinski definition) is 4. The smallest absolute Gasteiger partial charge is 0.410 e. The lowest BCUT2D eigenvalue weighted by Crippen LogP contribution is -2.37. The van der Waals surface area contributed by atoms with Crippen LogP contribution in [0.4, 0.5) is 9.18 Å². The zero-order valence-electron chi connectivity index (χ0n) is 15.2. The molecule has 1 aromatic carbocycles. The van der Waals surface area contributed by atoms with Crippen molar-refractivity contribution in [3.8, 4) is 0 Å². The van der Waals surface area contributed by atoms with Gasteiger partial charge in [-0.1, -0.05) is 18.2 Å². The van der Waals surface area contributed by atoms with Gasteiger partial charge in [-0.15, -0.1) is 0 Å². The van der Waals surface area contributed by atoms with Crippen molar-refractivity contribution in [3.63, 3.8) is 0 Å². The zero-order chi connectivity index (χ0) is 19.2. The number of benzene rings is 1. The summed E-state index contributed by atoms with van der Waals surface area (Å²) in [5.74, 6) is -0.509. The summed E-state index contributed by atoms with van der Waals surface area (Å²) in [5.41, 5.74) is 2.81. The molecule has 0 atom stereocenters. The summed E-state index contributed by atoms with van der Waals surface area (Å²) in [4.78, 5) is 30.2. The number of carbonyl (C=O) groups excluding carboxylic acids is 2. The molecule has 142 valence electrons. The summed E-state index contributed by atoms with van der Waals surface area (Å²) in [5, 5.41) is 2.83. The van der Waals surface area contributed by atoms with Crippen LogP contribution in [-0.2, 0) is 24.1 Å². The molecule has 2 amide bonds. The van der Waals surface area contributed by atoms with Gasteiger partial charge in [0.2, 0.25) is 0 Å². The normalized spacial score (nSPS) is 13.0. The van der Waals surface area contributed by atoms with Crippen molar-refractivity contribution in [2.75, 3.05) is 19.7 Å². The predicted octanol–water partition coefficient (Wildman–Crippen LogP) is 2.71. The Morgan fingerprint density at radius 2 is 2.11 bits per heavy atom. The third-order valence-corrected chi connectivity index (χ3v) is 4.55. The van der Waals surface area contributed by atoms with Crippen LogP contribution in [0.3, 0.4) is 0 Å². The first-order valence-corrected chi connectivity index (χ1v) is 8.99. The van der Waals surface area contributed by atoms with Crippen LogP contribution >= 0.6 is 0 Å². The summed E-state index contributed by atoms with van der Waals surface area (Å²) in [6, 6.07) is 6.52. The van der Waals surface area contributed by atoms with Crippen LogP contribution in [0.15, 0.2) is 36.7 Å². The minimum atomic E-state index is -0.358. The van der Waals surface area contributed by atoms with E-state index in [0.717, 1.165) is 11.1 Å². The van der Waals surface area contributed by atoms with Crippen LogP contribution in [-0.4, -0.2) is 41.6 Å². The van der Waals surface area contributed by atoms with Crippen LogP contribution < -0.4 is 5.32 Å². The topological polar surface area (TPSA) is 71.5 Å². The first kappa shape index (κ1) is 18.8. The fraction of sp³-hybridized carbons (Fsp3) is 0.350. The molecule has 1 aliphatic rings. The Kier molecular flexibility index (Phi) is 6.01. The number of nitrogens with one attached hydrogen (secondary N) is 1. The van der Waals surface area contributed by atoms with E-state index in [9.17, 15) is 14.0 Å². The van der Waals surface area contributed by atoms with Crippen LogP contribution in [0.1, 0.15) is 34.0 Å². The van der Waals surface area contributed by atoms with Crippen molar-refractivity contribution in [2.24, 2.45) is 0 Å². The third-order valence-electron chi connectivity index (χ3n) is 4.55. The van der Waals surface area contributed by atoms with Gasteiger partial charge in [0, 0.05) is 25.5 Å². The number of amides is 2. The fourth-order valence-electron chi connectivity index (χ4n) is 3.17. The van der Waals surface area contributed by atoms with Gasteiger partial charge in [-0.3, -0.25) is 9.78 Å². The number of pyridine rings is 1. The lowest BCUT2D eigenvalue weighted by molar-refractivity contribution is 0.0950. The van der Waals surface area contributed by atoms with Gasteiger partial charge < -0.3 is 15.0 Å². The van der Waals surface area contributed by atoms with Crippen molar-refractivity contribution >= 4 is 12.0 Å². The van der Waals surface area contributed by atoms with E-state index in [-0.39, 0.29) is 17.8 Å². The number of aromatic nitrogens is 1. The molecule has 0 saturated heterocycles. The molecule has 3 rings (SSSR count). The molecule has 6 nitrogen and oxygen atoms in total. The molecule has 1 aliphatic heterocycles. The standard InChI is InChI=1S/C20H22FN3O3/c1-2-27-20(26)24-10-8-16-15(13-24)11-22-12-17(16)19(25)23-9-7-14-5-3-4-6-18(14)21/h3-6,11-12H,2,7-10,13H2,1H3,(H,23,25). The van der Waals surface area contributed by atoms with Crippen molar-refractivity contribution in [1.82, 2.24) is 15.2 Å². The number of hydrogen-bond donors (Lipinski definition) is 1. The van der Waals surface area contributed by atoms with Crippen LogP contribution in [0.25, 0.3) is 0 Å². The summed E-state index contributed by atoms with van der Waals surface area (Å²) in [7, 11) is 0. The lowest BCUT2D eigenvalue weighted by Gasteiger charge is -2.28. The maximum absolute atomic E-state index is 13.7. The SMILES string of the molecule is CCOC(=O)N1CCc2c(cncc2C(=O)NCCc2ccccc2F)C1. The highest BCUT2D eigenvalue weighted by Gasteiger charge is 2.25. The molecule has 2 aromatic rings. The molecule has 0 spiro atoms. The first-order valence-electron chi connectivity index (χ1n) is 8.99. The molecular formula is C20H22FN3O3. The number of nitrogens with zero attached hydrogens (tertiary/aromatic N) is 2. The van der Waals surface area contributed by atoms with E-state index in [1.165, 1.54) is 12.3 Å². The average Bonchev–Trinajstić information content (AvgIpc) is 2.68. The Labute approximate surface area is 157 Å². The third kappa shape index (κ3) is 4.42. The summed E-state index contributed by atoms with van der Waals surface area (Å²) in [6.45, 7) is 3.28. The fourth-order valence-corrected chi connectivity index (χ4v) is 3.17. The molecule has 0 fully saturated rings. The van der Waals surface area contributed by atoms with Crippen molar-refractivity contribution in [1.29, 1.82) is 0 Å². The van der Waals surface area contributed by atoms with Gasteiger partial charge in [0.25, 0.3) is 5.91 Å². The molecule has 0 unspecified atom stereocenters. The highest BCUT2D eigenvalue weighted by atomic mass is 19.1. The maximum atomic E-state index is 13.7. The molecule has 1 aromatic heterocycles. The molecule has 0 radical (unpaired) electrons.